The van der Waals surface area contributed by atoms with Gasteiger partial charge in [-0.3, -0.25) is 9.89 Å². The minimum Gasteiger partial charge on any atom is -0.356 e. The van der Waals surface area contributed by atoms with E-state index in [0.29, 0.717) is 31.4 Å². The van der Waals surface area contributed by atoms with Gasteiger partial charge in [0, 0.05) is 32.7 Å². The monoisotopic (exact) mass is 408 g/mol. The van der Waals surface area contributed by atoms with Crippen LogP contribution in [0.5, 0.6) is 0 Å². The smallest absolute Gasteiger partial charge is 0.356 e. The highest BCUT2D eigenvalue weighted by Gasteiger charge is 2.34. The fourth-order valence-corrected chi connectivity index (χ4v) is 2.04. The second kappa shape index (κ2) is 8.91. The minimum atomic E-state index is -4.12. The maximum absolute atomic E-state index is 12.3. The summed E-state index contributed by atoms with van der Waals surface area (Å²) in [6.45, 7) is 5.00. The Balaban J connectivity index is 0.00000361. The molecule has 0 aliphatic carbocycles. The number of rotatable bonds is 4. The number of nitrogens with one attached hydrogen (secondary N) is 2. The Labute approximate surface area is 135 Å². The fourth-order valence-electron chi connectivity index (χ4n) is 2.04. The van der Waals surface area contributed by atoms with Crippen LogP contribution in [-0.4, -0.2) is 56.3 Å². The zero-order chi connectivity index (χ0) is 14.5. The van der Waals surface area contributed by atoms with E-state index in [1.165, 1.54) is 4.90 Å². The van der Waals surface area contributed by atoms with Crippen LogP contribution in [0.15, 0.2) is 4.99 Å². The number of aliphatic imine (C=N–C) groups is 1. The van der Waals surface area contributed by atoms with Gasteiger partial charge in [-0.1, -0.05) is 13.8 Å². The molecular weight excluding hydrogens is 384 g/mol. The van der Waals surface area contributed by atoms with Gasteiger partial charge in [-0.2, -0.15) is 13.2 Å². The first-order chi connectivity index (χ1) is 8.80. The minimum absolute atomic E-state index is 0. The molecule has 0 bridgehead atoms. The predicted octanol–water partition coefficient (Wildman–Crippen LogP) is 2.06. The van der Waals surface area contributed by atoms with Crippen molar-refractivity contribution in [2.24, 2.45) is 10.9 Å². The van der Waals surface area contributed by atoms with Crippen molar-refractivity contribution in [3.8, 4) is 0 Å². The van der Waals surface area contributed by atoms with Gasteiger partial charge in [-0.25, -0.2) is 0 Å². The second-order valence-corrected chi connectivity index (χ2v) is 5.33. The summed E-state index contributed by atoms with van der Waals surface area (Å²) in [5, 5.41) is 6.32. The average Bonchev–Trinajstić information content (AvgIpc) is 2.68. The van der Waals surface area contributed by atoms with Gasteiger partial charge in [-0.15, -0.1) is 24.0 Å². The lowest BCUT2D eigenvalue weighted by molar-refractivity contribution is -0.143. The van der Waals surface area contributed by atoms with Crippen molar-refractivity contribution >= 4 is 29.9 Å². The Morgan fingerprint density at radius 1 is 1.40 bits per heavy atom. The zero-order valence-corrected chi connectivity index (χ0v) is 14.5. The summed E-state index contributed by atoms with van der Waals surface area (Å²) in [4.78, 5) is 5.50. The number of likely N-dealkylation sites (tertiary alicyclic amines) is 1. The van der Waals surface area contributed by atoms with Crippen LogP contribution in [0.4, 0.5) is 13.2 Å². The molecule has 0 radical (unpaired) electrons. The number of alkyl halides is 3. The molecule has 1 atom stereocenters. The number of guanidine groups is 1. The summed E-state index contributed by atoms with van der Waals surface area (Å²) in [6, 6.07) is 0.0284. The molecule has 0 aromatic heterocycles. The quantitative estimate of drug-likeness (QED) is 0.425. The molecule has 2 N–H and O–H groups in total. The van der Waals surface area contributed by atoms with Crippen molar-refractivity contribution in [3.05, 3.63) is 0 Å². The van der Waals surface area contributed by atoms with Crippen LogP contribution in [-0.2, 0) is 0 Å². The third kappa shape index (κ3) is 8.13. The number of hydrogen-bond donors (Lipinski definition) is 2. The molecule has 1 heterocycles. The highest BCUT2D eigenvalue weighted by Crippen LogP contribution is 2.19. The molecule has 0 aromatic carbocycles. The van der Waals surface area contributed by atoms with E-state index in [9.17, 15) is 13.2 Å². The van der Waals surface area contributed by atoms with Gasteiger partial charge in [0.1, 0.15) is 0 Å². The highest BCUT2D eigenvalue weighted by molar-refractivity contribution is 14.0. The number of halogens is 4. The Morgan fingerprint density at radius 2 is 2.05 bits per heavy atom. The lowest BCUT2D eigenvalue weighted by Crippen LogP contribution is -2.46. The zero-order valence-electron chi connectivity index (χ0n) is 12.1. The molecule has 20 heavy (non-hydrogen) atoms. The fraction of sp³-hybridized carbons (Fsp3) is 0.917. The maximum atomic E-state index is 12.3. The van der Waals surface area contributed by atoms with E-state index in [4.69, 9.17) is 0 Å². The lowest BCUT2D eigenvalue weighted by Gasteiger charge is -2.20. The topological polar surface area (TPSA) is 39.7 Å². The second-order valence-electron chi connectivity index (χ2n) is 5.33. The number of hydrogen-bond acceptors (Lipinski definition) is 2. The normalized spacial score (nSPS) is 20.9. The summed E-state index contributed by atoms with van der Waals surface area (Å²) < 4.78 is 36.8. The van der Waals surface area contributed by atoms with Crippen LogP contribution in [0.3, 0.4) is 0 Å². The first-order valence-corrected chi connectivity index (χ1v) is 6.56. The van der Waals surface area contributed by atoms with Gasteiger partial charge in [-0.05, 0) is 12.3 Å². The molecule has 120 valence electrons. The molecule has 0 saturated carbocycles. The molecule has 1 rings (SSSR count). The summed E-state index contributed by atoms with van der Waals surface area (Å²) in [5.41, 5.74) is 0. The van der Waals surface area contributed by atoms with E-state index in [2.05, 4.69) is 29.5 Å². The molecule has 1 saturated heterocycles. The van der Waals surface area contributed by atoms with Crippen molar-refractivity contribution in [3.63, 3.8) is 0 Å². The van der Waals surface area contributed by atoms with Gasteiger partial charge in [0.15, 0.2) is 5.96 Å². The molecule has 1 unspecified atom stereocenters. The number of nitrogens with zero attached hydrogens (tertiary/aromatic N) is 2. The van der Waals surface area contributed by atoms with Gasteiger partial charge < -0.3 is 10.6 Å². The average molecular weight is 408 g/mol. The SMILES string of the molecule is CN=C(NCC(C)C)NC1CCN(CC(F)(F)F)C1.I. The van der Waals surface area contributed by atoms with Gasteiger partial charge in [0.25, 0.3) is 0 Å². The van der Waals surface area contributed by atoms with Crippen molar-refractivity contribution in [1.82, 2.24) is 15.5 Å². The molecular formula is C12H24F3IN4. The molecule has 1 aliphatic rings. The largest absolute Gasteiger partial charge is 0.401 e. The van der Waals surface area contributed by atoms with Crippen LogP contribution in [0.25, 0.3) is 0 Å². The van der Waals surface area contributed by atoms with Crippen LogP contribution in [0, 0.1) is 5.92 Å². The van der Waals surface area contributed by atoms with Gasteiger partial charge in [0.05, 0.1) is 6.54 Å². The molecule has 4 nitrogen and oxygen atoms in total. The van der Waals surface area contributed by atoms with E-state index in [1.807, 2.05) is 0 Å². The van der Waals surface area contributed by atoms with Gasteiger partial charge in [0.2, 0.25) is 0 Å². The van der Waals surface area contributed by atoms with Crippen LogP contribution >= 0.6 is 24.0 Å². The van der Waals surface area contributed by atoms with Gasteiger partial charge >= 0.3 is 6.18 Å². The summed E-state index contributed by atoms with van der Waals surface area (Å²) in [6.07, 6.45) is -3.41. The third-order valence-electron chi connectivity index (χ3n) is 2.92. The van der Waals surface area contributed by atoms with Crippen molar-refractivity contribution in [2.75, 3.05) is 33.2 Å². The van der Waals surface area contributed by atoms with E-state index >= 15 is 0 Å². The predicted molar refractivity (Wildman–Crippen MR) is 85.7 cm³/mol. The van der Waals surface area contributed by atoms with E-state index in [0.717, 1.165) is 6.54 Å². The van der Waals surface area contributed by atoms with E-state index < -0.39 is 12.7 Å². The molecule has 8 heteroatoms. The Kier molecular flexibility index (Phi) is 8.80. The van der Waals surface area contributed by atoms with Crippen molar-refractivity contribution < 1.29 is 13.2 Å². The standard InChI is InChI=1S/C12H23F3N4.HI/c1-9(2)6-17-11(16-3)18-10-4-5-19(7-10)8-12(13,14)15;/h9-10H,4-8H2,1-3H3,(H2,16,17,18);1H. The van der Waals surface area contributed by atoms with Crippen LogP contribution in [0.1, 0.15) is 20.3 Å². The summed E-state index contributed by atoms with van der Waals surface area (Å²) >= 11 is 0. The molecule has 1 aliphatic heterocycles. The Bertz CT molecular complexity index is 308. The maximum Gasteiger partial charge on any atom is 0.401 e. The molecule has 0 amide bonds. The first kappa shape index (κ1) is 19.8. The third-order valence-corrected chi connectivity index (χ3v) is 2.92. The van der Waals surface area contributed by atoms with Crippen LogP contribution in [0.2, 0.25) is 0 Å². The first-order valence-electron chi connectivity index (χ1n) is 6.56. The lowest BCUT2D eigenvalue weighted by atomic mass is 10.2. The van der Waals surface area contributed by atoms with Crippen molar-refractivity contribution in [2.45, 2.75) is 32.5 Å². The van der Waals surface area contributed by atoms with Crippen molar-refractivity contribution in [1.29, 1.82) is 0 Å². The molecule has 1 fully saturated rings. The Hall–Kier alpha value is -0.250. The van der Waals surface area contributed by atoms with Crippen LogP contribution < -0.4 is 10.6 Å². The van der Waals surface area contributed by atoms with E-state index in [1.54, 1.807) is 7.05 Å². The summed E-state index contributed by atoms with van der Waals surface area (Å²) in [5.74, 6) is 1.15. The summed E-state index contributed by atoms with van der Waals surface area (Å²) in [7, 11) is 1.66. The Morgan fingerprint density at radius 3 is 2.55 bits per heavy atom. The highest BCUT2D eigenvalue weighted by atomic mass is 127. The molecule has 0 aromatic rings. The molecule has 0 spiro atoms. The van der Waals surface area contributed by atoms with E-state index in [-0.39, 0.29) is 30.0 Å².